The number of fused-ring (bicyclic) bond motifs is 1. The number of carbonyl (C=O) groups is 1. The topological polar surface area (TPSA) is 98.5 Å². The molecular formula is C13H14N2O4S2. The number of benzene rings is 1. The minimum Gasteiger partial charge on any atom is -0.425 e. The van der Waals surface area contributed by atoms with Gasteiger partial charge in [0.1, 0.15) is 16.0 Å². The molecule has 1 aromatic carbocycles. The fourth-order valence-electron chi connectivity index (χ4n) is 2.27. The molecule has 1 atom stereocenters. The maximum absolute atomic E-state index is 11.9. The Morgan fingerprint density at radius 2 is 2.19 bits per heavy atom. The lowest BCUT2D eigenvalue weighted by Gasteiger charge is -2.09. The highest BCUT2D eigenvalue weighted by molar-refractivity contribution is 7.91. The van der Waals surface area contributed by atoms with Crippen LogP contribution in [0.5, 0.6) is 5.75 Å². The molecule has 1 saturated heterocycles. The highest BCUT2D eigenvalue weighted by Gasteiger charge is 2.24. The van der Waals surface area contributed by atoms with E-state index in [-0.39, 0.29) is 16.2 Å². The van der Waals surface area contributed by atoms with Gasteiger partial charge in [0.15, 0.2) is 0 Å². The SMILES string of the molecule is NS(=O)(=O)c1cc2cc(OC(=O)[C@H]3CCCN3)ccc2s1. The number of esters is 1. The third-order valence-electron chi connectivity index (χ3n) is 3.31. The first-order chi connectivity index (χ1) is 9.93. The van der Waals surface area contributed by atoms with E-state index in [0.717, 1.165) is 35.4 Å². The first kappa shape index (κ1) is 14.5. The van der Waals surface area contributed by atoms with Crippen molar-refractivity contribution in [3.05, 3.63) is 24.3 Å². The number of hydrogen-bond donors (Lipinski definition) is 2. The Balaban J connectivity index is 1.85. The molecule has 112 valence electrons. The van der Waals surface area contributed by atoms with Gasteiger partial charge in [0, 0.05) is 4.70 Å². The van der Waals surface area contributed by atoms with Gasteiger partial charge in [-0.3, -0.25) is 0 Å². The van der Waals surface area contributed by atoms with E-state index in [0.29, 0.717) is 11.1 Å². The van der Waals surface area contributed by atoms with Crippen LogP contribution in [-0.2, 0) is 14.8 Å². The minimum atomic E-state index is -3.71. The fraction of sp³-hybridized carbons (Fsp3) is 0.308. The Bertz CT molecular complexity index is 792. The molecule has 0 saturated carbocycles. The highest BCUT2D eigenvalue weighted by Crippen LogP contribution is 2.31. The van der Waals surface area contributed by atoms with Crippen molar-refractivity contribution in [3.63, 3.8) is 0 Å². The molecule has 1 aromatic heterocycles. The zero-order valence-electron chi connectivity index (χ0n) is 11.0. The van der Waals surface area contributed by atoms with Gasteiger partial charge in [-0.1, -0.05) is 0 Å². The van der Waals surface area contributed by atoms with Crippen LogP contribution in [0, 0.1) is 0 Å². The predicted octanol–water partition coefficient (Wildman–Crippen LogP) is 1.21. The summed E-state index contributed by atoms with van der Waals surface area (Å²) < 4.78 is 28.9. The molecule has 0 aliphatic carbocycles. The molecule has 0 bridgehead atoms. The summed E-state index contributed by atoms with van der Waals surface area (Å²) in [5, 5.41) is 8.87. The second-order valence-electron chi connectivity index (χ2n) is 4.88. The van der Waals surface area contributed by atoms with E-state index in [4.69, 9.17) is 9.88 Å². The molecular weight excluding hydrogens is 312 g/mol. The number of carbonyl (C=O) groups excluding carboxylic acids is 1. The van der Waals surface area contributed by atoms with E-state index in [1.54, 1.807) is 18.2 Å². The van der Waals surface area contributed by atoms with Crippen molar-refractivity contribution in [3.8, 4) is 5.75 Å². The van der Waals surface area contributed by atoms with Crippen LogP contribution in [0.1, 0.15) is 12.8 Å². The number of thiophene rings is 1. The van der Waals surface area contributed by atoms with E-state index >= 15 is 0 Å². The summed E-state index contributed by atoms with van der Waals surface area (Å²) in [7, 11) is -3.71. The molecule has 2 aromatic rings. The Kier molecular flexibility index (Phi) is 3.70. The van der Waals surface area contributed by atoms with Crippen molar-refractivity contribution in [1.82, 2.24) is 5.32 Å². The van der Waals surface area contributed by atoms with Crippen LogP contribution in [-0.4, -0.2) is 27.0 Å². The van der Waals surface area contributed by atoms with Crippen molar-refractivity contribution in [2.45, 2.75) is 23.1 Å². The lowest BCUT2D eigenvalue weighted by atomic mass is 10.2. The molecule has 1 fully saturated rings. The largest absolute Gasteiger partial charge is 0.425 e. The summed E-state index contributed by atoms with van der Waals surface area (Å²) in [4.78, 5) is 11.9. The number of hydrogen-bond acceptors (Lipinski definition) is 6. The molecule has 21 heavy (non-hydrogen) atoms. The van der Waals surface area contributed by atoms with Gasteiger partial charge in [0.25, 0.3) is 0 Å². The lowest BCUT2D eigenvalue weighted by Crippen LogP contribution is -2.34. The summed E-state index contributed by atoms with van der Waals surface area (Å²) in [5.41, 5.74) is 0. The van der Waals surface area contributed by atoms with Crippen molar-refractivity contribution >= 4 is 37.4 Å². The Labute approximate surface area is 125 Å². The van der Waals surface area contributed by atoms with E-state index in [1.165, 1.54) is 6.07 Å². The highest BCUT2D eigenvalue weighted by atomic mass is 32.2. The second kappa shape index (κ2) is 5.38. The third kappa shape index (κ3) is 3.08. The quantitative estimate of drug-likeness (QED) is 0.652. The molecule has 0 unspecified atom stereocenters. The molecule has 0 radical (unpaired) electrons. The average molecular weight is 326 g/mol. The summed E-state index contributed by atoms with van der Waals surface area (Å²) in [5.74, 6) is 0.0914. The number of sulfonamides is 1. The first-order valence-corrected chi connectivity index (χ1v) is 8.81. The number of nitrogens with one attached hydrogen (secondary N) is 1. The molecule has 3 rings (SSSR count). The van der Waals surface area contributed by atoms with Crippen LogP contribution >= 0.6 is 11.3 Å². The third-order valence-corrected chi connectivity index (χ3v) is 5.85. The minimum absolute atomic E-state index is 0.0958. The summed E-state index contributed by atoms with van der Waals surface area (Å²) in [6, 6.07) is 6.24. The molecule has 6 nitrogen and oxygen atoms in total. The number of rotatable bonds is 3. The Morgan fingerprint density at radius 3 is 2.86 bits per heavy atom. The molecule has 1 aliphatic heterocycles. The van der Waals surface area contributed by atoms with Gasteiger partial charge in [0.2, 0.25) is 10.0 Å². The second-order valence-corrected chi connectivity index (χ2v) is 7.75. The fourth-order valence-corrected chi connectivity index (χ4v) is 4.07. The zero-order valence-corrected chi connectivity index (χ0v) is 12.7. The molecule has 3 N–H and O–H groups in total. The number of primary sulfonamides is 1. The maximum atomic E-state index is 11.9. The lowest BCUT2D eigenvalue weighted by molar-refractivity contribution is -0.136. The molecule has 0 spiro atoms. The summed E-state index contributed by atoms with van der Waals surface area (Å²) >= 11 is 1.09. The van der Waals surface area contributed by atoms with Gasteiger partial charge in [-0.05, 0) is 49.0 Å². The van der Waals surface area contributed by atoms with Crippen molar-refractivity contribution in [2.75, 3.05) is 6.54 Å². The van der Waals surface area contributed by atoms with Crippen molar-refractivity contribution in [1.29, 1.82) is 0 Å². The number of nitrogens with two attached hydrogens (primary N) is 1. The van der Waals surface area contributed by atoms with Crippen LogP contribution in [0.15, 0.2) is 28.5 Å². The molecule has 0 amide bonds. The van der Waals surface area contributed by atoms with Crippen LogP contribution < -0.4 is 15.2 Å². The van der Waals surface area contributed by atoms with Gasteiger partial charge in [-0.2, -0.15) is 0 Å². The van der Waals surface area contributed by atoms with E-state index in [2.05, 4.69) is 5.32 Å². The number of ether oxygens (including phenoxy) is 1. The normalized spacial score (nSPS) is 19.0. The van der Waals surface area contributed by atoms with Gasteiger partial charge >= 0.3 is 5.97 Å². The van der Waals surface area contributed by atoms with Crippen LogP contribution in [0.3, 0.4) is 0 Å². The molecule has 1 aliphatic rings. The van der Waals surface area contributed by atoms with Gasteiger partial charge in [-0.15, -0.1) is 11.3 Å². The summed E-state index contributed by atoms with van der Waals surface area (Å²) in [6.45, 7) is 0.820. The van der Waals surface area contributed by atoms with E-state index in [9.17, 15) is 13.2 Å². The monoisotopic (exact) mass is 326 g/mol. The van der Waals surface area contributed by atoms with Crippen molar-refractivity contribution in [2.24, 2.45) is 5.14 Å². The summed E-state index contributed by atoms with van der Waals surface area (Å²) in [6.07, 6.45) is 1.73. The van der Waals surface area contributed by atoms with Gasteiger partial charge in [0.05, 0.1) is 0 Å². The van der Waals surface area contributed by atoms with E-state index < -0.39 is 10.0 Å². The first-order valence-electron chi connectivity index (χ1n) is 6.45. The van der Waals surface area contributed by atoms with Crippen LogP contribution in [0.25, 0.3) is 10.1 Å². The van der Waals surface area contributed by atoms with E-state index in [1.807, 2.05) is 0 Å². The van der Waals surface area contributed by atoms with Crippen LogP contribution in [0.2, 0.25) is 0 Å². The van der Waals surface area contributed by atoms with Gasteiger partial charge in [-0.25, -0.2) is 18.4 Å². The smallest absolute Gasteiger partial charge is 0.328 e. The predicted molar refractivity (Wildman–Crippen MR) is 79.9 cm³/mol. The maximum Gasteiger partial charge on any atom is 0.328 e. The molecule has 8 heteroatoms. The standard InChI is InChI=1S/C13H14N2O4S2/c14-21(17,18)12-7-8-6-9(3-4-11(8)20-12)19-13(16)10-2-1-5-15-10/h3-4,6-7,10,15H,1-2,5H2,(H2,14,17,18)/t10-/m1/s1. The zero-order chi connectivity index (χ0) is 15.0. The average Bonchev–Trinajstić information content (AvgIpc) is 3.06. The Morgan fingerprint density at radius 1 is 1.38 bits per heavy atom. The molecule has 2 heterocycles. The van der Waals surface area contributed by atoms with Crippen molar-refractivity contribution < 1.29 is 17.9 Å². The van der Waals surface area contributed by atoms with Gasteiger partial charge < -0.3 is 10.1 Å². The Hall–Kier alpha value is -1.48. The van der Waals surface area contributed by atoms with Crippen LogP contribution in [0.4, 0.5) is 0 Å².